The van der Waals surface area contributed by atoms with Crippen LogP contribution in [0.15, 0.2) is 60.8 Å². The highest BCUT2D eigenvalue weighted by molar-refractivity contribution is 5.80. The van der Waals surface area contributed by atoms with Gasteiger partial charge in [-0.25, -0.2) is 0 Å². The number of aliphatic hydroxyl groups excluding tert-OH is 5. The summed E-state index contributed by atoms with van der Waals surface area (Å²) in [6.07, 6.45) is 51.3. The average Bonchev–Trinajstić information content (AvgIpc) is 3.39. The van der Waals surface area contributed by atoms with E-state index in [0.717, 1.165) is 57.8 Å². The number of carbonyl (C=O) groups excluding carboxylic acids is 2. The Hall–Kier alpha value is -2.64. The Bertz CT molecular complexity index is 1420. The highest BCUT2D eigenvalue weighted by Crippen LogP contribution is 2.26. The van der Waals surface area contributed by atoms with Gasteiger partial charge in [0.2, 0.25) is 5.91 Å². The molecule has 0 bridgehead atoms. The van der Waals surface area contributed by atoms with Crippen LogP contribution in [0, 0.1) is 0 Å². The van der Waals surface area contributed by atoms with Gasteiger partial charge in [0.1, 0.15) is 24.4 Å². The number of hydrogen-bond acceptors (Lipinski definition) is 10. The molecule has 0 aromatic heterocycles. The number of nitrogens with one attached hydrogen (secondary N) is 1. The summed E-state index contributed by atoms with van der Waals surface area (Å²) < 4.78 is 17.6. The predicted molar refractivity (Wildman–Crippen MR) is 301 cm³/mol. The van der Waals surface area contributed by atoms with E-state index in [2.05, 4.69) is 32.2 Å². The van der Waals surface area contributed by atoms with Crippen LogP contribution in [0.2, 0.25) is 0 Å². The first kappa shape index (κ1) is 68.4. The van der Waals surface area contributed by atoms with Crippen LogP contribution in [0.25, 0.3) is 0 Å². The number of hydrogen-bond donors (Lipinski definition) is 6. The Balaban J connectivity index is 2.70. The monoisotopic (exact) mass is 1030 g/mol. The molecule has 11 heteroatoms. The molecule has 1 aliphatic rings. The Kier molecular flexibility index (Phi) is 47.0. The smallest absolute Gasteiger partial charge is 0.306 e. The molecule has 0 saturated carbocycles. The van der Waals surface area contributed by atoms with E-state index in [-0.39, 0.29) is 19.4 Å². The van der Waals surface area contributed by atoms with Gasteiger partial charge in [-0.2, -0.15) is 0 Å². The Labute approximate surface area is 446 Å². The third kappa shape index (κ3) is 38.5. The van der Waals surface area contributed by atoms with E-state index in [1.807, 2.05) is 48.6 Å². The van der Waals surface area contributed by atoms with Crippen LogP contribution in [-0.4, -0.2) is 99.6 Å². The van der Waals surface area contributed by atoms with Gasteiger partial charge in [-0.05, 0) is 44.9 Å². The molecular formula is C62H111NO10. The number of allylic oxidation sites excluding steroid dienone is 9. The molecule has 0 spiro atoms. The summed E-state index contributed by atoms with van der Waals surface area (Å²) in [4.78, 5) is 26.5. The van der Waals surface area contributed by atoms with Gasteiger partial charge < -0.3 is 45.1 Å². The Morgan fingerprint density at radius 2 is 0.986 bits per heavy atom. The van der Waals surface area contributed by atoms with Crippen molar-refractivity contribution in [3.8, 4) is 0 Å². The third-order valence-electron chi connectivity index (χ3n) is 14.0. The number of ether oxygens (including phenoxy) is 3. The van der Waals surface area contributed by atoms with Gasteiger partial charge in [0.25, 0.3) is 0 Å². The predicted octanol–water partition coefficient (Wildman–Crippen LogP) is 13.8. The molecule has 1 aliphatic heterocycles. The number of aliphatic hydroxyl groups is 5. The minimum absolute atomic E-state index is 0.121. The molecule has 1 heterocycles. The van der Waals surface area contributed by atoms with Crippen molar-refractivity contribution in [1.82, 2.24) is 5.32 Å². The zero-order chi connectivity index (χ0) is 53.3. The molecule has 73 heavy (non-hydrogen) atoms. The molecule has 8 atom stereocenters. The molecule has 6 N–H and O–H groups in total. The number of carbonyl (C=O) groups is 2. The second kappa shape index (κ2) is 50.2. The first-order valence-electron chi connectivity index (χ1n) is 30.1. The molecular weight excluding hydrogens is 919 g/mol. The average molecular weight is 1030 g/mol. The summed E-state index contributed by atoms with van der Waals surface area (Å²) in [5, 5.41) is 56.8. The number of rotatable bonds is 50. The second-order valence-electron chi connectivity index (χ2n) is 20.8. The maximum absolute atomic E-state index is 13.3. The Morgan fingerprint density at radius 1 is 0.548 bits per heavy atom. The summed E-state index contributed by atoms with van der Waals surface area (Å²) in [6.45, 7) is 5.63. The van der Waals surface area contributed by atoms with E-state index < -0.39 is 67.4 Å². The van der Waals surface area contributed by atoms with Gasteiger partial charge >= 0.3 is 5.97 Å². The van der Waals surface area contributed by atoms with E-state index in [9.17, 15) is 35.1 Å². The molecule has 11 nitrogen and oxygen atoms in total. The molecule has 0 radical (unpaired) electrons. The topological polar surface area (TPSA) is 175 Å². The largest absolute Gasteiger partial charge is 0.454 e. The normalized spacial score (nSPS) is 19.8. The highest BCUT2D eigenvalue weighted by Gasteiger charge is 2.47. The fourth-order valence-corrected chi connectivity index (χ4v) is 9.25. The molecule has 1 fully saturated rings. The molecule has 0 aromatic carbocycles. The molecule has 0 aromatic rings. The van der Waals surface area contributed by atoms with Gasteiger partial charge in [-0.1, -0.05) is 268 Å². The van der Waals surface area contributed by atoms with Crippen LogP contribution < -0.4 is 5.32 Å². The highest BCUT2D eigenvalue weighted by atomic mass is 16.7. The van der Waals surface area contributed by atoms with E-state index in [0.29, 0.717) is 12.8 Å². The van der Waals surface area contributed by atoms with Crippen molar-refractivity contribution in [2.75, 3.05) is 13.2 Å². The van der Waals surface area contributed by atoms with Crippen molar-refractivity contribution in [2.24, 2.45) is 0 Å². The van der Waals surface area contributed by atoms with E-state index in [1.165, 1.54) is 154 Å². The lowest BCUT2D eigenvalue weighted by molar-refractivity contribution is -0.305. The van der Waals surface area contributed by atoms with Crippen LogP contribution in [0.1, 0.15) is 258 Å². The van der Waals surface area contributed by atoms with Crippen molar-refractivity contribution < 1.29 is 49.3 Å². The number of unbranched alkanes of at least 4 members (excludes halogenated alkanes) is 31. The van der Waals surface area contributed by atoms with Crippen LogP contribution in [0.4, 0.5) is 0 Å². The summed E-state index contributed by atoms with van der Waals surface area (Å²) in [6, 6.07) is -1.04. The van der Waals surface area contributed by atoms with Gasteiger partial charge in [0.05, 0.1) is 25.4 Å². The number of amides is 1. The molecule has 1 amide bonds. The lowest BCUT2D eigenvalue weighted by atomic mass is 9.99. The summed E-state index contributed by atoms with van der Waals surface area (Å²) in [5.41, 5.74) is 0. The lowest BCUT2D eigenvalue weighted by Gasteiger charge is -2.41. The fourth-order valence-electron chi connectivity index (χ4n) is 9.25. The van der Waals surface area contributed by atoms with Crippen molar-refractivity contribution >= 4 is 11.9 Å². The first-order valence-corrected chi connectivity index (χ1v) is 30.1. The minimum atomic E-state index is -1.62. The van der Waals surface area contributed by atoms with Gasteiger partial charge in [0, 0.05) is 6.42 Å². The molecule has 0 aliphatic carbocycles. The van der Waals surface area contributed by atoms with E-state index in [4.69, 9.17) is 14.2 Å². The minimum Gasteiger partial charge on any atom is -0.454 e. The molecule has 1 saturated heterocycles. The van der Waals surface area contributed by atoms with Crippen molar-refractivity contribution in [1.29, 1.82) is 0 Å². The van der Waals surface area contributed by atoms with Gasteiger partial charge in [-0.15, -0.1) is 0 Å². The summed E-state index contributed by atoms with van der Waals surface area (Å²) in [5.74, 6) is -1.23. The van der Waals surface area contributed by atoms with Crippen LogP contribution in [0.3, 0.4) is 0 Å². The Morgan fingerprint density at radius 3 is 1.48 bits per heavy atom. The van der Waals surface area contributed by atoms with Crippen molar-refractivity contribution in [2.45, 2.75) is 307 Å². The lowest BCUT2D eigenvalue weighted by Crippen LogP contribution is -2.61. The van der Waals surface area contributed by atoms with E-state index in [1.54, 1.807) is 6.08 Å². The van der Waals surface area contributed by atoms with Gasteiger partial charge in [0.15, 0.2) is 12.4 Å². The molecule has 1 rings (SSSR count). The zero-order valence-corrected chi connectivity index (χ0v) is 46.7. The zero-order valence-electron chi connectivity index (χ0n) is 46.7. The van der Waals surface area contributed by atoms with Crippen molar-refractivity contribution in [3.05, 3.63) is 60.8 Å². The summed E-state index contributed by atoms with van der Waals surface area (Å²) in [7, 11) is 0. The van der Waals surface area contributed by atoms with Crippen LogP contribution >= 0.6 is 0 Å². The SMILES string of the molecule is CC/C=C/C=C/C=C\C=C/CCCCC(O)C(=O)NC(COC1OC(CO)C(O)C(O)C1OC(=O)CCCCCCCCCCCCCCCCCCCCC)C(O)/C=C/CCCCCCCCCCCCC. The quantitative estimate of drug-likeness (QED) is 0.0149. The van der Waals surface area contributed by atoms with Crippen LogP contribution in [0.5, 0.6) is 0 Å². The van der Waals surface area contributed by atoms with E-state index >= 15 is 0 Å². The molecule has 424 valence electrons. The standard InChI is InChI=1S/C62H111NO10/c1-4-7-10-13-16-19-22-25-26-27-28-29-30-32-35-38-41-44-47-50-57(67)73-60-59(69)58(68)56(51-64)72-62(60)71-52-53(54(65)48-45-42-39-36-34-31-23-20-17-14-11-8-5-2)63-61(70)55(66)49-46-43-40-37-33-24-21-18-15-12-9-6-3/h9,12,15,18,21,24,33,37,45,48,53-56,58-60,62,64-66,68-69H,4-8,10-11,13-14,16-17,19-20,22-23,25-32,34-36,38-44,46-47,49-52H2,1-3H3,(H,63,70)/b12-9+,18-15+,24-21-,37-33-,48-45+. The maximum Gasteiger partial charge on any atom is 0.306 e. The fraction of sp³-hybridized carbons (Fsp3) is 0.806. The summed E-state index contributed by atoms with van der Waals surface area (Å²) >= 11 is 0. The second-order valence-corrected chi connectivity index (χ2v) is 20.8. The van der Waals surface area contributed by atoms with Crippen LogP contribution in [-0.2, 0) is 23.8 Å². The molecule has 8 unspecified atom stereocenters. The third-order valence-corrected chi connectivity index (χ3v) is 14.0. The number of esters is 1. The van der Waals surface area contributed by atoms with Gasteiger partial charge in [-0.3, -0.25) is 9.59 Å². The maximum atomic E-state index is 13.3. The van der Waals surface area contributed by atoms with Crippen molar-refractivity contribution in [3.63, 3.8) is 0 Å². The first-order chi connectivity index (χ1) is 35.7.